The van der Waals surface area contributed by atoms with E-state index in [0.29, 0.717) is 12.3 Å². The summed E-state index contributed by atoms with van der Waals surface area (Å²) in [5.41, 5.74) is -3.14. The summed E-state index contributed by atoms with van der Waals surface area (Å²) in [6, 6.07) is 0.314. The molecule has 0 aliphatic carbocycles. The number of halogens is 5. The molecule has 0 saturated heterocycles. The molecule has 2 rings (SSSR count). The number of fused-ring (bicyclic) bond motifs is 1. The number of carbonyl (C=O) groups is 1. The fraction of sp³-hybridized carbons (Fsp3) is 0.231. The van der Waals surface area contributed by atoms with Gasteiger partial charge < -0.3 is 19.2 Å². The highest BCUT2D eigenvalue weighted by Crippen LogP contribution is 2.31. The molecule has 10 heteroatoms. The third-order valence-electron chi connectivity index (χ3n) is 2.99. The number of carboxylic acids is 1. The Kier molecular flexibility index (Phi) is 4.01. The number of ether oxygens (including phenoxy) is 1. The van der Waals surface area contributed by atoms with Gasteiger partial charge in [0.15, 0.2) is 17.0 Å². The molecule has 0 bridgehead atoms. The van der Waals surface area contributed by atoms with Crippen molar-refractivity contribution in [2.45, 2.75) is 12.7 Å². The van der Waals surface area contributed by atoms with E-state index in [9.17, 15) is 36.6 Å². The first-order valence-electron chi connectivity index (χ1n) is 5.94. The molecule has 0 saturated carbocycles. The van der Waals surface area contributed by atoms with Gasteiger partial charge in [-0.1, -0.05) is 0 Å². The molecule has 5 nitrogen and oxygen atoms in total. The largest absolute Gasteiger partial charge is 0.545 e. The van der Waals surface area contributed by atoms with Crippen LogP contribution >= 0.6 is 0 Å². The Labute approximate surface area is 124 Å². The Hall–Kier alpha value is -2.65. The number of carbonyl (C=O) groups excluding carboxylic acids is 1. The van der Waals surface area contributed by atoms with Crippen LogP contribution in [0.5, 0.6) is 5.75 Å². The van der Waals surface area contributed by atoms with Crippen LogP contribution in [-0.2, 0) is 6.54 Å². The van der Waals surface area contributed by atoms with Gasteiger partial charge in [-0.05, 0) is 6.07 Å². The smallest absolute Gasteiger partial charge is 0.406 e. The van der Waals surface area contributed by atoms with Crippen LogP contribution in [-0.4, -0.2) is 23.8 Å². The van der Waals surface area contributed by atoms with Gasteiger partial charge in [0.2, 0.25) is 5.82 Å². The van der Waals surface area contributed by atoms with Crippen molar-refractivity contribution >= 4 is 16.9 Å². The summed E-state index contributed by atoms with van der Waals surface area (Å²) in [6.45, 7) is -1.74. The Morgan fingerprint density at radius 2 is 1.96 bits per heavy atom. The predicted octanol–water partition coefficient (Wildman–Crippen LogP) is 1.21. The van der Waals surface area contributed by atoms with E-state index in [2.05, 4.69) is 4.74 Å². The Morgan fingerprint density at radius 3 is 2.43 bits per heavy atom. The molecule has 23 heavy (non-hydrogen) atoms. The van der Waals surface area contributed by atoms with Gasteiger partial charge in [-0.2, -0.15) is 17.6 Å². The van der Waals surface area contributed by atoms with Crippen molar-refractivity contribution in [1.29, 1.82) is 0 Å². The van der Waals surface area contributed by atoms with E-state index in [-0.39, 0.29) is 4.57 Å². The SMILES string of the molecule is COc1c(F)c(F)cc2c(=O)c(C(=O)[O-])cn(CC(F)(F)F)c12. The second-order valence-corrected chi connectivity index (χ2v) is 4.50. The molecular weight excluding hydrogens is 329 g/mol. The van der Waals surface area contributed by atoms with Gasteiger partial charge in [0.25, 0.3) is 0 Å². The zero-order chi connectivity index (χ0) is 17.5. The number of methoxy groups -OCH3 is 1. The van der Waals surface area contributed by atoms with Gasteiger partial charge in [-0.25, -0.2) is 4.39 Å². The van der Waals surface area contributed by atoms with E-state index in [1.165, 1.54) is 0 Å². The Morgan fingerprint density at radius 1 is 1.35 bits per heavy atom. The number of aromatic carboxylic acids is 1. The standard InChI is InChI=1S/C13H8F5NO4/c1-23-11-8(15)7(14)2-5-9(11)19(4-13(16,17)18)3-6(10(5)20)12(21)22/h2-3H,4H2,1H3,(H,21,22)/p-1. The van der Waals surface area contributed by atoms with Crippen molar-refractivity contribution < 1.29 is 36.6 Å². The first-order valence-corrected chi connectivity index (χ1v) is 5.94. The number of pyridine rings is 1. The van der Waals surface area contributed by atoms with E-state index < -0.39 is 58.0 Å². The molecule has 0 radical (unpaired) electrons. The zero-order valence-corrected chi connectivity index (χ0v) is 11.3. The number of benzene rings is 1. The minimum absolute atomic E-state index is 0.253. The molecule has 0 atom stereocenters. The van der Waals surface area contributed by atoms with E-state index in [1.54, 1.807) is 0 Å². The number of carboxylic acid groups (broad SMARTS) is 1. The summed E-state index contributed by atoms with van der Waals surface area (Å²) in [5, 5.41) is 10.1. The second-order valence-electron chi connectivity index (χ2n) is 4.50. The summed E-state index contributed by atoms with van der Waals surface area (Å²) < 4.78 is 69.9. The first kappa shape index (κ1) is 16.7. The molecule has 0 spiro atoms. The van der Waals surface area contributed by atoms with Crippen molar-refractivity contribution in [3.63, 3.8) is 0 Å². The highest BCUT2D eigenvalue weighted by atomic mass is 19.4. The van der Waals surface area contributed by atoms with Crippen LogP contribution < -0.4 is 15.3 Å². The topological polar surface area (TPSA) is 71.4 Å². The predicted molar refractivity (Wildman–Crippen MR) is 65.1 cm³/mol. The third kappa shape index (κ3) is 2.96. The maximum Gasteiger partial charge on any atom is 0.406 e. The second kappa shape index (κ2) is 5.52. The average Bonchev–Trinajstić information content (AvgIpc) is 2.42. The molecule has 0 fully saturated rings. The molecule has 2 aromatic rings. The van der Waals surface area contributed by atoms with Gasteiger partial charge in [-0.15, -0.1) is 0 Å². The van der Waals surface area contributed by atoms with Crippen molar-refractivity contribution in [1.82, 2.24) is 4.57 Å². The number of alkyl halides is 3. The number of hydrogen-bond donors (Lipinski definition) is 0. The summed E-state index contributed by atoms with van der Waals surface area (Å²) in [4.78, 5) is 22.8. The number of aromatic nitrogens is 1. The van der Waals surface area contributed by atoms with Crippen LogP contribution in [0.15, 0.2) is 17.1 Å². The van der Waals surface area contributed by atoms with E-state index >= 15 is 0 Å². The van der Waals surface area contributed by atoms with E-state index in [1.807, 2.05) is 0 Å². The lowest BCUT2D eigenvalue weighted by Crippen LogP contribution is -2.31. The molecule has 1 heterocycles. The van der Waals surface area contributed by atoms with E-state index in [4.69, 9.17) is 0 Å². The van der Waals surface area contributed by atoms with Crippen molar-refractivity contribution in [3.05, 3.63) is 39.7 Å². The quantitative estimate of drug-likeness (QED) is 0.790. The lowest BCUT2D eigenvalue weighted by molar-refractivity contribution is -0.255. The van der Waals surface area contributed by atoms with E-state index in [0.717, 1.165) is 7.11 Å². The van der Waals surface area contributed by atoms with Gasteiger partial charge in [0.1, 0.15) is 6.54 Å². The monoisotopic (exact) mass is 336 g/mol. The zero-order valence-electron chi connectivity index (χ0n) is 11.3. The molecule has 0 amide bonds. The Bertz CT molecular complexity index is 856. The van der Waals surface area contributed by atoms with Crippen LogP contribution in [0.25, 0.3) is 10.9 Å². The average molecular weight is 336 g/mol. The van der Waals surface area contributed by atoms with Crippen molar-refractivity contribution in [2.24, 2.45) is 0 Å². The minimum atomic E-state index is -4.82. The van der Waals surface area contributed by atoms with Crippen LogP contribution in [0.1, 0.15) is 10.4 Å². The molecule has 1 aromatic carbocycles. The third-order valence-corrected chi connectivity index (χ3v) is 2.99. The molecular formula is C13H7F5NO4-. The molecule has 0 unspecified atom stereocenters. The Balaban J connectivity index is 3.02. The molecule has 0 aliphatic heterocycles. The first-order chi connectivity index (χ1) is 10.6. The number of hydrogen-bond acceptors (Lipinski definition) is 4. The minimum Gasteiger partial charge on any atom is -0.545 e. The highest BCUT2D eigenvalue weighted by Gasteiger charge is 2.30. The fourth-order valence-electron chi connectivity index (χ4n) is 2.13. The lowest BCUT2D eigenvalue weighted by atomic mass is 10.1. The molecule has 0 N–H and O–H groups in total. The van der Waals surface area contributed by atoms with Crippen LogP contribution in [0.2, 0.25) is 0 Å². The normalized spacial score (nSPS) is 11.7. The van der Waals surface area contributed by atoms with Gasteiger partial charge in [0.05, 0.1) is 29.5 Å². The number of rotatable bonds is 3. The van der Waals surface area contributed by atoms with Crippen molar-refractivity contribution in [3.8, 4) is 5.75 Å². The highest BCUT2D eigenvalue weighted by molar-refractivity contribution is 5.93. The van der Waals surface area contributed by atoms with Gasteiger partial charge in [-0.3, -0.25) is 4.79 Å². The maximum absolute atomic E-state index is 13.7. The number of nitrogens with zero attached hydrogens (tertiary/aromatic N) is 1. The van der Waals surface area contributed by atoms with Crippen molar-refractivity contribution in [2.75, 3.05) is 7.11 Å². The molecule has 1 aromatic heterocycles. The molecule has 0 aliphatic rings. The fourth-order valence-corrected chi connectivity index (χ4v) is 2.13. The van der Waals surface area contributed by atoms with Crippen LogP contribution in [0.3, 0.4) is 0 Å². The molecule has 124 valence electrons. The summed E-state index contributed by atoms with van der Waals surface area (Å²) in [7, 11) is 0.867. The summed E-state index contributed by atoms with van der Waals surface area (Å²) in [5.74, 6) is -6.15. The van der Waals surface area contributed by atoms with Gasteiger partial charge >= 0.3 is 6.18 Å². The lowest BCUT2D eigenvalue weighted by Gasteiger charge is -2.18. The summed E-state index contributed by atoms with van der Waals surface area (Å²) in [6.07, 6.45) is -4.46. The van der Waals surface area contributed by atoms with Gasteiger partial charge in [0, 0.05) is 6.20 Å². The maximum atomic E-state index is 13.7. The van der Waals surface area contributed by atoms with Crippen LogP contribution in [0, 0.1) is 11.6 Å². The van der Waals surface area contributed by atoms with Crippen LogP contribution in [0.4, 0.5) is 22.0 Å². The summed E-state index contributed by atoms with van der Waals surface area (Å²) >= 11 is 0.